The number of aromatic nitrogens is 1. The van der Waals surface area contributed by atoms with Crippen LogP contribution in [0.15, 0.2) is 60.8 Å². The molecule has 0 saturated carbocycles. The summed E-state index contributed by atoms with van der Waals surface area (Å²) in [7, 11) is 2.02. The number of carbonyl (C=O) groups is 3. The summed E-state index contributed by atoms with van der Waals surface area (Å²) in [5.41, 5.74) is 3.58. The number of likely N-dealkylation sites (N-methyl/N-ethyl adjacent to an activating group) is 1. The van der Waals surface area contributed by atoms with Gasteiger partial charge in [0.2, 0.25) is 17.5 Å². The minimum atomic E-state index is -2.04. The van der Waals surface area contributed by atoms with Gasteiger partial charge in [-0.25, -0.2) is 0 Å². The molecule has 4 aliphatic heterocycles. The van der Waals surface area contributed by atoms with E-state index in [-0.39, 0.29) is 24.3 Å². The first kappa shape index (κ1) is 26.6. The van der Waals surface area contributed by atoms with Crippen molar-refractivity contribution >= 4 is 34.2 Å². The first-order valence-electron chi connectivity index (χ1n) is 15.1. The van der Waals surface area contributed by atoms with Gasteiger partial charge >= 0.3 is 0 Å². The van der Waals surface area contributed by atoms with Crippen molar-refractivity contribution in [1.82, 2.24) is 25.0 Å². The van der Waals surface area contributed by atoms with E-state index in [0.717, 1.165) is 28.6 Å². The second kappa shape index (κ2) is 9.25. The Morgan fingerprint density at radius 1 is 1.16 bits per heavy atom. The van der Waals surface area contributed by atoms with Crippen LogP contribution in [-0.4, -0.2) is 92.4 Å². The Hall–Kier alpha value is -3.99. The molecule has 3 N–H and O–H groups in total. The molecule has 10 heteroatoms. The zero-order valence-corrected chi connectivity index (χ0v) is 24.2. The van der Waals surface area contributed by atoms with Gasteiger partial charge in [-0.2, -0.15) is 0 Å². The highest BCUT2D eigenvalue weighted by Gasteiger charge is 2.70. The Morgan fingerprint density at radius 2 is 1.98 bits per heavy atom. The molecule has 0 spiro atoms. The van der Waals surface area contributed by atoms with Crippen molar-refractivity contribution in [3.8, 4) is 0 Å². The van der Waals surface area contributed by atoms with Crippen LogP contribution >= 0.6 is 0 Å². The fraction of sp³-hybridized carbons (Fsp3) is 0.424. The average molecular weight is 582 g/mol. The minimum absolute atomic E-state index is 0.144. The standard InChI is InChI=1S/C33H35N5O5/c1-32(35-29(39)21-15-23-22-10-6-11-24-28(22)20(17-34-24)16-25(23)36(2)18-21)31(41)38-26(14-19-8-4-3-5-9-19)30(40)37-13-7-12-27(37)33(38,42)43-32/h3-6,8-11,15,17,21,25-27,34,42H,7,12-14,16,18H2,1-2H3,(H,35,39)/t21-,25-,26+,27?,32-,33+/m0/s1. The van der Waals surface area contributed by atoms with Crippen LogP contribution in [0.5, 0.6) is 0 Å². The first-order chi connectivity index (χ1) is 20.7. The Morgan fingerprint density at radius 3 is 2.79 bits per heavy atom. The van der Waals surface area contributed by atoms with E-state index in [1.807, 2.05) is 49.5 Å². The third-order valence-corrected chi connectivity index (χ3v) is 10.1. The van der Waals surface area contributed by atoms with E-state index in [1.54, 1.807) is 4.90 Å². The number of fused-ring (bicyclic) bond motifs is 5. The lowest BCUT2D eigenvalue weighted by molar-refractivity contribution is -0.315. The van der Waals surface area contributed by atoms with Gasteiger partial charge in [0.15, 0.2) is 0 Å². The molecular weight excluding hydrogens is 546 g/mol. The smallest absolute Gasteiger partial charge is 0.280 e. The number of ether oxygens (including phenoxy) is 1. The second-order valence-corrected chi connectivity index (χ2v) is 12.8. The van der Waals surface area contributed by atoms with Gasteiger partial charge < -0.3 is 20.3 Å². The number of nitrogens with zero attached hydrogens (tertiary/aromatic N) is 3. The highest BCUT2D eigenvalue weighted by atomic mass is 16.7. The van der Waals surface area contributed by atoms with Crippen molar-refractivity contribution < 1.29 is 24.2 Å². The molecular formula is C33H35N5O5. The molecule has 3 saturated heterocycles. The third kappa shape index (κ3) is 3.79. The largest absolute Gasteiger partial charge is 0.361 e. The van der Waals surface area contributed by atoms with E-state index in [1.165, 1.54) is 22.8 Å². The number of H-pyrrole nitrogens is 1. The zero-order chi connectivity index (χ0) is 29.7. The van der Waals surface area contributed by atoms with Crippen LogP contribution in [0.1, 0.15) is 36.5 Å². The number of aliphatic hydroxyl groups is 1. The summed E-state index contributed by atoms with van der Waals surface area (Å²) >= 11 is 0. The molecule has 3 fully saturated rings. The molecule has 0 radical (unpaired) electrons. The van der Waals surface area contributed by atoms with Crippen molar-refractivity contribution in [2.75, 3.05) is 20.1 Å². The summed E-state index contributed by atoms with van der Waals surface area (Å²) in [6.45, 7) is 2.45. The van der Waals surface area contributed by atoms with Gasteiger partial charge in [0.1, 0.15) is 12.1 Å². The maximum Gasteiger partial charge on any atom is 0.280 e. The second-order valence-electron chi connectivity index (χ2n) is 12.8. The van der Waals surface area contributed by atoms with E-state index < -0.39 is 35.5 Å². The molecule has 5 heterocycles. The predicted octanol–water partition coefficient (Wildman–Crippen LogP) is 1.99. The quantitative estimate of drug-likeness (QED) is 0.434. The number of benzene rings is 2. The average Bonchev–Trinajstić information content (AvgIpc) is 3.70. The van der Waals surface area contributed by atoms with E-state index in [9.17, 15) is 19.5 Å². The number of hydrogen-bond acceptors (Lipinski definition) is 6. The van der Waals surface area contributed by atoms with Gasteiger partial charge in [-0.3, -0.25) is 28.9 Å². The normalized spacial score (nSPS) is 33.3. The van der Waals surface area contributed by atoms with Crippen molar-refractivity contribution in [3.05, 3.63) is 77.5 Å². The molecule has 43 heavy (non-hydrogen) atoms. The molecule has 3 amide bonds. The first-order valence-corrected chi connectivity index (χ1v) is 15.1. The van der Waals surface area contributed by atoms with E-state index in [4.69, 9.17) is 4.74 Å². The Kier molecular flexibility index (Phi) is 5.73. The summed E-state index contributed by atoms with van der Waals surface area (Å²) in [4.78, 5) is 50.2. The van der Waals surface area contributed by atoms with Crippen LogP contribution in [0.2, 0.25) is 0 Å². The number of rotatable bonds is 4. The number of aromatic amines is 1. The number of carbonyl (C=O) groups excluding carboxylic acids is 3. The highest BCUT2D eigenvalue weighted by molar-refractivity contribution is 6.00. The lowest BCUT2D eigenvalue weighted by Crippen LogP contribution is -2.71. The molecule has 5 aliphatic rings. The molecule has 1 aromatic heterocycles. The number of nitrogens with one attached hydrogen (secondary N) is 2. The van der Waals surface area contributed by atoms with Gasteiger partial charge in [0.05, 0.1) is 5.92 Å². The van der Waals surface area contributed by atoms with E-state index in [0.29, 0.717) is 25.9 Å². The lowest BCUT2D eigenvalue weighted by atomic mass is 9.79. The minimum Gasteiger partial charge on any atom is -0.361 e. The molecule has 6 atom stereocenters. The maximum atomic E-state index is 14.2. The van der Waals surface area contributed by atoms with Gasteiger partial charge in [0, 0.05) is 42.7 Å². The lowest BCUT2D eigenvalue weighted by Gasteiger charge is -2.48. The van der Waals surface area contributed by atoms with Gasteiger partial charge in [-0.05, 0) is 61.6 Å². The highest BCUT2D eigenvalue weighted by Crippen LogP contribution is 2.46. The van der Waals surface area contributed by atoms with E-state index >= 15 is 0 Å². The van der Waals surface area contributed by atoms with Crippen molar-refractivity contribution in [1.29, 1.82) is 0 Å². The van der Waals surface area contributed by atoms with Crippen molar-refractivity contribution in [2.24, 2.45) is 5.92 Å². The zero-order valence-electron chi connectivity index (χ0n) is 24.2. The molecule has 8 rings (SSSR count). The van der Waals surface area contributed by atoms with Gasteiger partial charge in [0.25, 0.3) is 11.8 Å². The SMILES string of the molecule is CN1C[C@@H](C(=O)N[C@@]2(C)O[C@]3(O)C4CCCN4C(=O)[C@@H](Cc4ccccc4)N3C2=O)C=C2c3cccc4[nH]cc(c34)C[C@@H]21. The number of hydrogen-bond donors (Lipinski definition) is 3. The number of amides is 3. The van der Waals surface area contributed by atoms with Crippen molar-refractivity contribution in [3.63, 3.8) is 0 Å². The molecule has 2 aromatic carbocycles. The summed E-state index contributed by atoms with van der Waals surface area (Å²) in [6, 6.07) is 14.1. The van der Waals surface area contributed by atoms with Crippen LogP contribution in [0.3, 0.4) is 0 Å². The Bertz CT molecular complexity index is 1700. The van der Waals surface area contributed by atoms with Crippen LogP contribution in [-0.2, 0) is 32.0 Å². The van der Waals surface area contributed by atoms with E-state index in [2.05, 4.69) is 33.5 Å². The fourth-order valence-corrected chi connectivity index (χ4v) is 8.12. The molecule has 1 unspecified atom stereocenters. The molecule has 1 aliphatic carbocycles. The topological polar surface area (TPSA) is 118 Å². The Labute approximate surface area is 249 Å². The number of piperazine rings is 1. The van der Waals surface area contributed by atoms with Crippen LogP contribution in [0.25, 0.3) is 16.5 Å². The predicted molar refractivity (Wildman–Crippen MR) is 158 cm³/mol. The van der Waals surface area contributed by atoms with Crippen LogP contribution < -0.4 is 5.32 Å². The maximum absolute atomic E-state index is 14.2. The summed E-state index contributed by atoms with van der Waals surface area (Å²) in [5, 5.41) is 16.1. The van der Waals surface area contributed by atoms with Gasteiger partial charge in [-0.15, -0.1) is 0 Å². The molecule has 222 valence electrons. The fourth-order valence-electron chi connectivity index (χ4n) is 8.12. The molecule has 3 aromatic rings. The summed E-state index contributed by atoms with van der Waals surface area (Å²) in [5.74, 6) is -3.77. The monoisotopic (exact) mass is 581 g/mol. The summed E-state index contributed by atoms with van der Waals surface area (Å²) < 4.78 is 6.23. The summed E-state index contributed by atoms with van der Waals surface area (Å²) in [6.07, 6.45) is 6.38. The Balaban J connectivity index is 1.11. The molecule has 10 nitrogen and oxygen atoms in total. The van der Waals surface area contributed by atoms with Crippen LogP contribution in [0, 0.1) is 5.92 Å². The van der Waals surface area contributed by atoms with Gasteiger partial charge in [-0.1, -0.05) is 48.5 Å². The van der Waals surface area contributed by atoms with Crippen molar-refractivity contribution in [2.45, 2.75) is 62.4 Å². The third-order valence-electron chi connectivity index (χ3n) is 10.1. The molecule has 0 bridgehead atoms. The van der Waals surface area contributed by atoms with Crippen LogP contribution in [0.4, 0.5) is 0 Å².